The Bertz CT molecular complexity index is 393. The third kappa shape index (κ3) is 3.20. The quantitative estimate of drug-likeness (QED) is 0.531. The van der Waals surface area contributed by atoms with Crippen molar-refractivity contribution >= 4 is 21.5 Å². The van der Waals surface area contributed by atoms with Crippen LogP contribution in [-0.4, -0.2) is 8.42 Å². The van der Waals surface area contributed by atoms with E-state index in [2.05, 4.69) is 10.4 Å². The number of rotatable bonds is 2. The molecular formula is C7H9N2O3S. The van der Waals surface area contributed by atoms with Gasteiger partial charge in [0.2, 0.25) is 0 Å². The molecule has 13 heavy (non-hydrogen) atoms. The largest absolute Gasteiger partial charge is 0.399 e. The normalized spacial score (nSPS) is 11.2. The summed E-state index contributed by atoms with van der Waals surface area (Å²) < 4.78 is 25.7. The summed E-state index contributed by atoms with van der Waals surface area (Å²) >= 11 is 0. The first-order valence-corrected chi connectivity index (χ1v) is 4.88. The van der Waals surface area contributed by atoms with E-state index in [0.29, 0.717) is 11.4 Å². The van der Waals surface area contributed by atoms with Gasteiger partial charge in [-0.25, -0.2) is 0 Å². The van der Waals surface area contributed by atoms with Gasteiger partial charge in [0, 0.05) is 23.5 Å². The summed E-state index contributed by atoms with van der Waals surface area (Å²) in [5, 5.41) is 0. The lowest BCUT2D eigenvalue weighted by Gasteiger charge is -2.04. The molecule has 4 N–H and O–H groups in total. The highest BCUT2D eigenvalue weighted by molar-refractivity contribution is 7.88. The van der Waals surface area contributed by atoms with Crippen molar-refractivity contribution in [1.82, 2.24) is 0 Å². The summed E-state index contributed by atoms with van der Waals surface area (Å²) in [6.45, 7) is 0. The Morgan fingerprint density at radius 3 is 2.00 bits per heavy atom. The molecule has 0 aliphatic carbocycles. The molecule has 0 spiro atoms. The molecule has 0 saturated carbocycles. The average molecular weight is 201 g/mol. The monoisotopic (exact) mass is 201 g/mol. The zero-order valence-corrected chi connectivity index (χ0v) is 7.54. The summed E-state index contributed by atoms with van der Waals surface area (Å²) in [5.74, 6) is 0.0625. The van der Waals surface area contributed by atoms with E-state index >= 15 is 0 Å². The number of nitrogens with two attached hydrogens (primary N) is 2. The molecule has 1 radical (unpaired) electrons. The SMILES string of the molecule is [CH2]S(=O)(=O)Oc1cc(N)cc(N)c1. The van der Waals surface area contributed by atoms with Crippen molar-refractivity contribution in [2.45, 2.75) is 0 Å². The minimum absolute atomic E-state index is 0.0625. The van der Waals surface area contributed by atoms with Gasteiger partial charge in [0.15, 0.2) is 0 Å². The number of anilines is 2. The zero-order valence-electron chi connectivity index (χ0n) is 6.73. The van der Waals surface area contributed by atoms with Gasteiger partial charge in [-0.15, -0.1) is 0 Å². The van der Waals surface area contributed by atoms with E-state index in [1.165, 1.54) is 18.2 Å². The predicted molar refractivity (Wildman–Crippen MR) is 50.2 cm³/mol. The zero-order chi connectivity index (χ0) is 10.1. The smallest absolute Gasteiger partial charge is 0.310 e. The third-order valence-electron chi connectivity index (χ3n) is 1.17. The highest BCUT2D eigenvalue weighted by Crippen LogP contribution is 2.21. The molecule has 0 aliphatic rings. The van der Waals surface area contributed by atoms with Crippen LogP contribution in [0.3, 0.4) is 0 Å². The molecular weight excluding hydrogens is 192 g/mol. The summed E-state index contributed by atoms with van der Waals surface area (Å²) in [6, 6.07) is 4.18. The van der Waals surface area contributed by atoms with Crippen molar-refractivity contribution in [1.29, 1.82) is 0 Å². The summed E-state index contributed by atoms with van der Waals surface area (Å²) in [4.78, 5) is 0. The van der Waals surface area contributed by atoms with Crippen molar-refractivity contribution in [3.8, 4) is 5.75 Å². The Hall–Kier alpha value is -1.43. The highest BCUT2D eigenvalue weighted by atomic mass is 32.2. The lowest BCUT2D eigenvalue weighted by molar-refractivity contribution is 0.496. The average Bonchev–Trinajstić information content (AvgIpc) is 1.78. The lowest BCUT2D eigenvalue weighted by Crippen LogP contribution is -2.04. The van der Waals surface area contributed by atoms with Gasteiger partial charge >= 0.3 is 10.1 Å². The number of nitrogen functional groups attached to an aromatic ring is 2. The first-order valence-electron chi connectivity index (χ1n) is 3.30. The maximum absolute atomic E-state index is 10.6. The van der Waals surface area contributed by atoms with Gasteiger partial charge in [-0.3, -0.25) is 0 Å². The minimum atomic E-state index is -3.77. The van der Waals surface area contributed by atoms with Crippen LogP contribution in [0.15, 0.2) is 18.2 Å². The van der Waals surface area contributed by atoms with Crippen LogP contribution in [0.2, 0.25) is 0 Å². The second-order valence-electron chi connectivity index (χ2n) is 2.48. The van der Waals surface area contributed by atoms with Crippen LogP contribution >= 0.6 is 0 Å². The molecule has 6 heteroatoms. The highest BCUT2D eigenvalue weighted by Gasteiger charge is 2.05. The first-order chi connectivity index (χ1) is 5.87. The Kier molecular flexibility index (Phi) is 2.33. The molecule has 1 aromatic carbocycles. The van der Waals surface area contributed by atoms with Gasteiger partial charge in [0.25, 0.3) is 0 Å². The molecule has 0 saturated heterocycles. The molecule has 0 amide bonds. The topological polar surface area (TPSA) is 95.4 Å². The van der Waals surface area contributed by atoms with Crippen LogP contribution in [0.5, 0.6) is 5.75 Å². The van der Waals surface area contributed by atoms with Crippen molar-refractivity contribution in [2.75, 3.05) is 11.5 Å². The Morgan fingerprint density at radius 2 is 1.62 bits per heavy atom. The van der Waals surface area contributed by atoms with Crippen molar-refractivity contribution in [3.05, 3.63) is 24.5 Å². The van der Waals surface area contributed by atoms with E-state index in [-0.39, 0.29) is 5.75 Å². The molecule has 0 fully saturated rings. The molecule has 0 aliphatic heterocycles. The second kappa shape index (κ2) is 3.14. The minimum Gasteiger partial charge on any atom is -0.399 e. The number of hydrogen-bond donors (Lipinski definition) is 2. The van der Waals surface area contributed by atoms with E-state index in [1.54, 1.807) is 0 Å². The maximum atomic E-state index is 10.6. The number of hydrogen-bond acceptors (Lipinski definition) is 5. The van der Waals surface area contributed by atoms with Crippen molar-refractivity contribution in [3.63, 3.8) is 0 Å². The fourth-order valence-electron chi connectivity index (χ4n) is 0.841. The Balaban J connectivity index is 3.03. The van der Waals surface area contributed by atoms with Gasteiger partial charge in [0.05, 0.1) is 0 Å². The van der Waals surface area contributed by atoms with Crippen molar-refractivity contribution in [2.24, 2.45) is 0 Å². The summed E-state index contributed by atoms with van der Waals surface area (Å²) in [6.07, 6.45) is 2.79. The Labute approximate surface area is 76.4 Å². The molecule has 5 nitrogen and oxygen atoms in total. The molecule has 0 unspecified atom stereocenters. The van der Waals surface area contributed by atoms with Crippen molar-refractivity contribution < 1.29 is 12.6 Å². The molecule has 71 valence electrons. The van der Waals surface area contributed by atoms with Gasteiger partial charge < -0.3 is 15.7 Å². The molecule has 1 aromatic rings. The van der Waals surface area contributed by atoms with Crippen LogP contribution < -0.4 is 15.7 Å². The maximum Gasteiger partial charge on any atom is 0.310 e. The van der Waals surface area contributed by atoms with Crippen LogP contribution in [0.25, 0.3) is 0 Å². The van der Waals surface area contributed by atoms with Gasteiger partial charge in [-0.2, -0.15) is 8.42 Å². The fraction of sp³-hybridized carbons (Fsp3) is 0. The summed E-state index contributed by atoms with van der Waals surface area (Å²) in [7, 11) is -3.77. The first kappa shape index (κ1) is 9.66. The van der Waals surface area contributed by atoms with E-state index in [4.69, 9.17) is 11.5 Å². The van der Waals surface area contributed by atoms with Crippen LogP contribution in [-0.2, 0) is 10.1 Å². The van der Waals surface area contributed by atoms with Crippen LogP contribution in [0, 0.1) is 6.26 Å². The number of benzene rings is 1. The van der Waals surface area contributed by atoms with Gasteiger partial charge in [-0.05, 0) is 6.07 Å². The molecule has 0 aromatic heterocycles. The van der Waals surface area contributed by atoms with E-state index in [1.807, 2.05) is 0 Å². The predicted octanol–water partition coefficient (Wildman–Crippen LogP) is 0.351. The van der Waals surface area contributed by atoms with Crippen LogP contribution in [0.4, 0.5) is 11.4 Å². The molecule has 1 rings (SSSR count). The summed E-state index contributed by atoms with van der Waals surface area (Å²) in [5.41, 5.74) is 11.5. The molecule has 0 heterocycles. The fourth-order valence-corrected chi connectivity index (χ4v) is 1.23. The van der Waals surface area contributed by atoms with E-state index in [9.17, 15) is 8.42 Å². The van der Waals surface area contributed by atoms with E-state index < -0.39 is 10.1 Å². The standard InChI is InChI=1S/C7H9N2O3S/c1-13(10,11)12-7-3-5(8)2-6(9)4-7/h2-4H,1,8-9H2. The lowest BCUT2D eigenvalue weighted by atomic mass is 10.3. The third-order valence-corrected chi connectivity index (χ3v) is 1.62. The molecule has 0 atom stereocenters. The Morgan fingerprint density at radius 1 is 1.15 bits per heavy atom. The van der Waals surface area contributed by atoms with E-state index in [0.717, 1.165) is 0 Å². The second-order valence-corrected chi connectivity index (χ2v) is 3.76. The van der Waals surface area contributed by atoms with Gasteiger partial charge in [-0.1, -0.05) is 0 Å². The molecule has 0 bridgehead atoms. The van der Waals surface area contributed by atoms with Crippen LogP contribution in [0.1, 0.15) is 0 Å². The van der Waals surface area contributed by atoms with Gasteiger partial charge in [0.1, 0.15) is 12.0 Å².